The van der Waals surface area contributed by atoms with Gasteiger partial charge in [-0.1, -0.05) is 5.16 Å². The van der Waals surface area contributed by atoms with E-state index in [1.54, 1.807) is 19.2 Å². The van der Waals surface area contributed by atoms with E-state index in [4.69, 9.17) is 15.0 Å². The van der Waals surface area contributed by atoms with Crippen LogP contribution in [0.5, 0.6) is 0 Å². The van der Waals surface area contributed by atoms with E-state index in [-0.39, 0.29) is 11.9 Å². The molecular formula is C13H16FN3O2S. The summed E-state index contributed by atoms with van der Waals surface area (Å²) in [6, 6.07) is 6.13. The van der Waals surface area contributed by atoms with Crippen molar-refractivity contribution in [1.29, 1.82) is 0 Å². The van der Waals surface area contributed by atoms with E-state index in [1.807, 2.05) is 0 Å². The highest BCUT2D eigenvalue weighted by molar-refractivity contribution is 7.98. The Kier molecular flexibility index (Phi) is 5.51. The van der Waals surface area contributed by atoms with Gasteiger partial charge in [-0.05, 0) is 24.3 Å². The minimum Gasteiger partial charge on any atom is -0.383 e. The summed E-state index contributed by atoms with van der Waals surface area (Å²) in [5.41, 5.74) is 5.81. The summed E-state index contributed by atoms with van der Waals surface area (Å²) in [6.45, 7) is 0.446. The lowest BCUT2D eigenvalue weighted by molar-refractivity contribution is 0.176. The number of benzene rings is 1. The monoisotopic (exact) mass is 297 g/mol. The number of ether oxygens (including phenoxy) is 1. The first kappa shape index (κ1) is 15.0. The lowest BCUT2D eigenvalue weighted by atomic mass is 10.2. The van der Waals surface area contributed by atoms with Crippen LogP contribution in [0.4, 0.5) is 4.39 Å². The Labute approximate surface area is 120 Å². The van der Waals surface area contributed by atoms with Crippen molar-refractivity contribution in [3.05, 3.63) is 41.8 Å². The Morgan fingerprint density at radius 2 is 2.15 bits per heavy atom. The van der Waals surface area contributed by atoms with Gasteiger partial charge in [-0.15, -0.1) is 11.8 Å². The standard InChI is InChI=1S/C13H16FN3O2S/c1-18-7-10(15)6-13-16-12(17-19-13)8-20-11-4-2-9(14)3-5-11/h2-5,10H,6-8,15H2,1H3. The summed E-state index contributed by atoms with van der Waals surface area (Å²) in [7, 11) is 1.60. The van der Waals surface area contributed by atoms with E-state index < -0.39 is 0 Å². The summed E-state index contributed by atoms with van der Waals surface area (Å²) in [4.78, 5) is 5.21. The molecular weight excluding hydrogens is 281 g/mol. The first-order chi connectivity index (χ1) is 9.67. The Morgan fingerprint density at radius 1 is 1.40 bits per heavy atom. The van der Waals surface area contributed by atoms with Crippen LogP contribution in [0.15, 0.2) is 33.7 Å². The number of thioether (sulfide) groups is 1. The van der Waals surface area contributed by atoms with E-state index >= 15 is 0 Å². The molecule has 0 spiro atoms. The summed E-state index contributed by atoms with van der Waals surface area (Å²) in [5, 5.41) is 3.88. The fourth-order valence-corrected chi connectivity index (χ4v) is 2.35. The van der Waals surface area contributed by atoms with Crippen molar-refractivity contribution in [1.82, 2.24) is 10.1 Å². The first-order valence-electron chi connectivity index (χ1n) is 6.11. The number of nitrogens with two attached hydrogens (primary N) is 1. The molecule has 108 valence electrons. The second-order valence-electron chi connectivity index (χ2n) is 4.27. The predicted molar refractivity (Wildman–Crippen MR) is 73.8 cm³/mol. The average Bonchev–Trinajstić information content (AvgIpc) is 2.86. The molecule has 0 aliphatic heterocycles. The Balaban J connectivity index is 1.85. The maximum absolute atomic E-state index is 12.8. The highest BCUT2D eigenvalue weighted by Gasteiger charge is 2.11. The fourth-order valence-electron chi connectivity index (χ4n) is 1.61. The van der Waals surface area contributed by atoms with Gasteiger partial charge >= 0.3 is 0 Å². The summed E-state index contributed by atoms with van der Waals surface area (Å²) < 4.78 is 22.8. The minimum atomic E-state index is -0.247. The van der Waals surface area contributed by atoms with Gasteiger partial charge in [0.15, 0.2) is 5.82 Å². The molecule has 0 aliphatic rings. The highest BCUT2D eigenvalue weighted by atomic mass is 32.2. The van der Waals surface area contributed by atoms with Crippen molar-refractivity contribution >= 4 is 11.8 Å². The van der Waals surface area contributed by atoms with Crippen molar-refractivity contribution in [2.45, 2.75) is 23.1 Å². The van der Waals surface area contributed by atoms with Crippen LogP contribution < -0.4 is 5.73 Å². The highest BCUT2D eigenvalue weighted by Crippen LogP contribution is 2.21. The van der Waals surface area contributed by atoms with Crippen molar-refractivity contribution in [3.63, 3.8) is 0 Å². The maximum Gasteiger partial charge on any atom is 0.228 e. The molecule has 0 fully saturated rings. The SMILES string of the molecule is COCC(N)Cc1nc(CSc2ccc(F)cc2)no1. The lowest BCUT2D eigenvalue weighted by Crippen LogP contribution is -2.28. The molecule has 0 saturated carbocycles. The number of hydrogen-bond acceptors (Lipinski definition) is 6. The van der Waals surface area contributed by atoms with Crippen molar-refractivity contribution in [2.24, 2.45) is 5.73 Å². The van der Waals surface area contributed by atoms with Crippen molar-refractivity contribution < 1.29 is 13.7 Å². The quantitative estimate of drug-likeness (QED) is 0.788. The van der Waals surface area contributed by atoms with Crippen molar-refractivity contribution in [3.8, 4) is 0 Å². The molecule has 2 rings (SSSR count). The zero-order valence-corrected chi connectivity index (χ0v) is 11.9. The molecule has 0 bridgehead atoms. The molecule has 1 aromatic carbocycles. The molecule has 0 saturated heterocycles. The van der Waals surface area contributed by atoms with Gasteiger partial charge in [0.2, 0.25) is 5.89 Å². The number of methoxy groups -OCH3 is 1. The number of nitrogens with zero attached hydrogens (tertiary/aromatic N) is 2. The molecule has 0 aliphatic carbocycles. The molecule has 0 radical (unpaired) electrons. The Hall–Kier alpha value is -1.44. The number of rotatable bonds is 7. The smallest absolute Gasteiger partial charge is 0.228 e. The number of aromatic nitrogens is 2. The molecule has 2 aromatic rings. The second-order valence-corrected chi connectivity index (χ2v) is 5.32. The third-order valence-electron chi connectivity index (χ3n) is 2.51. The largest absolute Gasteiger partial charge is 0.383 e. The fraction of sp³-hybridized carbons (Fsp3) is 0.385. The molecule has 2 N–H and O–H groups in total. The normalized spacial score (nSPS) is 12.6. The van der Waals surface area contributed by atoms with Gasteiger partial charge in [-0.3, -0.25) is 0 Å². The van der Waals surface area contributed by atoms with Gasteiger partial charge < -0.3 is 15.0 Å². The van der Waals surface area contributed by atoms with Gasteiger partial charge in [-0.25, -0.2) is 4.39 Å². The molecule has 1 unspecified atom stereocenters. The summed E-state index contributed by atoms with van der Waals surface area (Å²) in [5.74, 6) is 1.42. The van der Waals surface area contributed by atoms with Crippen LogP contribution >= 0.6 is 11.8 Å². The van der Waals surface area contributed by atoms with Gasteiger partial charge in [0.1, 0.15) is 5.82 Å². The number of hydrogen-bond donors (Lipinski definition) is 1. The third kappa shape index (κ3) is 4.59. The first-order valence-corrected chi connectivity index (χ1v) is 7.10. The lowest BCUT2D eigenvalue weighted by Gasteiger charge is -2.05. The van der Waals surface area contributed by atoms with E-state index in [0.717, 1.165) is 4.90 Å². The van der Waals surface area contributed by atoms with Gasteiger partial charge in [0.05, 0.1) is 12.4 Å². The van der Waals surface area contributed by atoms with Crippen LogP contribution in [-0.2, 0) is 16.9 Å². The van der Waals surface area contributed by atoms with Crippen LogP contribution in [0.3, 0.4) is 0 Å². The molecule has 1 atom stereocenters. The average molecular weight is 297 g/mol. The zero-order chi connectivity index (χ0) is 14.4. The van der Waals surface area contributed by atoms with E-state index in [9.17, 15) is 4.39 Å². The van der Waals surface area contributed by atoms with E-state index in [2.05, 4.69) is 10.1 Å². The molecule has 1 heterocycles. The topological polar surface area (TPSA) is 74.2 Å². The van der Waals surface area contributed by atoms with Crippen LogP contribution in [-0.4, -0.2) is 29.9 Å². The van der Waals surface area contributed by atoms with Gasteiger partial charge in [-0.2, -0.15) is 4.98 Å². The molecule has 1 aromatic heterocycles. The summed E-state index contributed by atoms with van der Waals surface area (Å²) >= 11 is 1.52. The van der Waals surface area contributed by atoms with Crippen LogP contribution in [0.1, 0.15) is 11.7 Å². The van der Waals surface area contributed by atoms with Gasteiger partial charge in [0, 0.05) is 24.5 Å². The van der Waals surface area contributed by atoms with Crippen LogP contribution in [0, 0.1) is 5.82 Å². The Morgan fingerprint density at radius 3 is 2.85 bits per heavy atom. The van der Waals surface area contributed by atoms with E-state index in [1.165, 1.54) is 23.9 Å². The zero-order valence-electron chi connectivity index (χ0n) is 11.1. The minimum absolute atomic E-state index is 0.155. The Bertz CT molecular complexity index is 533. The molecule has 5 nitrogen and oxygen atoms in total. The van der Waals surface area contributed by atoms with Crippen molar-refractivity contribution in [2.75, 3.05) is 13.7 Å². The molecule has 7 heteroatoms. The van der Waals surface area contributed by atoms with E-state index in [0.29, 0.717) is 30.5 Å². The van der Waals surface area contributed by atoms with Gasteiger partial charge in [0.25, 0.3) is 0 Å². The third-order valence-corrected chi connectivity index (χ3v) is 3.52. The summed E-state index contributed by atoms with van der Waals surface area (Å²) in [6.07, 6.45) is 0.488. The van der Waals surface area contributed by atoms with Crippen LogP contribution in [0.2, 0.25) is 0 Å². The molecule has 20 heavy (non-hydrogen) atoms. The second kappa shape index (κ2) is 7.37. The number of halogens is 1. The maximum atomic E-state index is 12.8. The predicted octanol–water partition coefficient (Wildman–Crippen LogP) is 2.02. The molecule has 0 amide bonds. The van der Waals surface area contributed by atoms with Crippen LogP contribution in [0.25, 0.3) is 0 Å².